The van der Waals surface area contributed by atoms with Crippen molar-refractivity contribution in [1.29, 1.82) is 0 Å². The minimum atomic E-state index is -0.972. The lowest BCUT2D eigenvalue weighted by Gasteiger charge is -2.17. The van der Waals surface area contributed by atoms with Gasteiger partial charge in [-0.2, -0.15) is 0 Å². The van der Waals surface area contributed by atoms with E-state index >= 15 is 0 Å². The fraction of sp³-hybridized carbons (Fsp3) is 0.267. The maximum atomic E-state index is 10.9. The molecule has 0 saturated carbocycles. The largest absolute Gasteiger partial charge is 0.478 e. The third kappa shape index (κ3) is 2.93. The van der Waals surface area contributed by atoms with Crippen molar-refractivity contribution < 1.29 is 9.90 Å². The zero-order chi connectivity index (χ0) is 14.9. The molecule has 1 atom stereocenters. The molecule has 0 aliphatic heterocycles. The van der Waals surface area contributed by atoms with Crippen molar-refractivity contribution in [2.75, 3.05) is 11.1 Å². The molecule has 4 nitrogen and oxygen atoms in total. The summed E-state index contributed by atoms with van der Waals surface area (Å²) in [6.45, 7) is 6.25. The van der Waals surface area contributed by atoms with Gasteiger partial charge in [0.05, 0.1) is 16.9 Å². The fourth-order valence-corrected chi connectivity index (χ4v) is 3.24. The van der Waals surface area contributed by atoms with E-state index in [2.05, 4.69) is 32.2 Å². The van der Waals surface area contributed by atoms with Gasteiger partial charge in [-0.3, -0.25) is 0 Å². The summed E-state index contributed by atoms with van der Waals surface area (Å²) in [6.07, 6.45) is 0. The Balaban J connectivity index is 2.22. The summed E-state index contributed by atoms with van der Waals surface area (Å²) in [5, 5.41) is 12.3. The zero-order valence-electron chi connectivity index (χ0n) is 11.7. The molecule has 0 spiro atoms. The molecule has 1 aromatic heterocycles. The fourth-order valence-electron chi connectivity index (χ4n) is 2.22. The Bertz CT molecular complexity index is 649. The van der Waals surface area contributed by atoms with Gasteiger partial charge in [0.25, 0.3) is 0 Å². The number of carbonyl (C=O) groups is 1. The summed E-state index contributed by atoms with van der Waals surface area (Å²) in [5.74, 6) is -0.972. The van der Waals surface area contributed by atoms with E-state index in [0.717, 1.165) is 5.69 Å². The number of aromatic carboxylic acids is 1. The lowest BCUT2D eigenvalue weighted by molar-refractivity contribution is 0.0697. The van der Waals surface area contributed by atoms with Crippen LogP contribution in [0.1, 0.15) is 38.6 Å². The van der Waals surface area contributed by atoms with Crippen molar-refractivity contribution >= 4 is 28.7 Å². The normalized spacial score (nSPS) is 12.2. The highest BCUT2D eigenvalue weighted by atomic mass is 32.1. The molecular weight excluding hydrogens is 272 g/mol. The first kappa shape index (κ1) is 14.4. The maximum absolute atomic E-state index is 10.9. The number of hydrogen-bond acceptors (Lipinski definition) is 4. The van der Waals surface area contributed by atoms with Gasteiger partial charge in [-0.15, -0.1) is 11.3 Å². The van der Waals surface area contributed by atoms with E-state index in [1.807, 2.05) is 0 Å². The summed E-state index contributed by atoms with van der Waals surface area (Å²) in [6, 6.07) is 7.03. The zero-order valence-corrected chi connectivity index (χ0v) is 12.5. The molecular formula is C15H18N2O2S. The van der Waals surface area contributed by atoms with Crippen LogP contribution in [-0.2, 0) is 0 Å². The summed E-state index contributed by atoms with van der Waals surface area (Å²) < 4.78 is 0. The number of hydrogen-bond donors (Lipinski definition) is 3. The molecule has 2 rings (SSSR count). The lowest BCUT2D eigenvalue weighted by atomic mass is 10.1. The second kappa shape index (κ2) is 5.54. The molecule has 0 saturated heterocycles. The lowest BCUT2D eigenvalue weighted by Crippen LogP contribution is -2.09. The molecule has 106 valence electrons. The maximum Gasteiger partial charge on any atom is 0.335 e. The van der Waals surface area contributed by atoms with E-state index in [1.165, 1.54) is 21.4 Å². The molecule has 20 heavy (non-hydrogen) atoms. The highest BCUT2D eigenvalue weighted by molar-refractivity contribution is 7.12. The number of rotatable bonds is 4. The standard InChI is InChI=1S/C15H18N2O2S/c1-8-6-12(10(3)20-8)9(2)17-14-5-4-11(15(18)19)7-13(14)16/h4-7,9,17H,16H2,1-3H3,(H,18,19). The first-order chi connectivity index (χ1) is 9.38. The number of nitrogens with one attached hydrogen (secondary N) is 1. The van der Waals surface area contributed by atoms with Crippen LogP contribution in [0.4, 0.5) is 11.4 Å². The average molecular weight is 290 g/mol. The van der Waals surface area contributed by atoms with Gasteiger partial charge in [-0.25, -0.2) is 4.79 Å². The van der Waals surface area contributed by atoms with Crippen LogP contribution in [0.5, 0.6) is 0 Å². The predicted molar refractivity (Wildman–Crippen MR) is 83.6 cm³/mol. The van der Waals surface area contributed by atoms with Crippen LogP contribution >= 0.6 is 11.3 Å². The van der Waals surface area contributed by atoms with Crippen molar-refractivity contribution in [3.8, 4) is 0 Å². The topological polar surface area (TPSA) is 75.3 Å². The number of nitrogen functional groups attached to an aromatic ring is 1. The molecule has 0 fully saturated rings. The van der Waals surface area contributed by atoms with Crippen molar-refractivity contribution in [3.63, 3.8) is 0 Å². The van der Waals surface area contributed by atoms with Crippen LogP contribution in [-0.4, -0.2) is 11.1 Å². The Morgan fingerprint density at radius 3 is 2.55 bits per heavy atom. The van der Waals surface area contributed by atoms with E-state index in [1.54, 1.807) is 23.5 Å². The molecule has 0 radical (unpaired) electrons. The highest BCUT2D eigenvalue weighted by Crippen LogP contribution is 2.30. The van der Waals surface area contributed by atoms with E-state index in [4.69, 9.17) is 10.8 Å². The summed E-state index contributed by atoms with van der Waals surface area (Å²) in [4.78, 5) is 13.4. The number of thiophene rings is 1. The number of carboxylic acid groups (broad SMARTS) is 1. The highest BCUT2D eigenvalue weighted by Gasteiger charge is 2.13. The molecule has 1 aromatic carbocycles. The molecule has 4 N–H and O–H groups in total. The van der Waals surface area contributed by atoms with Crippen LogP contribution in [0.3, 0.4) is 0 Å². The van der Waals surface area contributed by atoms with Crippen LogP contribution in [0.15, 0.2) is 24.3 Å². The van der Waals surface area contributed by atoms with Gasteiger partial charge in [0.1, 0.15) is 0 Å². The Kier molecular flexibility index (Phi) is 3.99. The van der Waals surface area contributed by atoms with E-state index < -0.39 is 5.97 Å². The first-order valence-electron chi connectivity index (χ1n) is 6.34. The summed E-state index contributed by atoms with van der Waals surface area (Å²) >= 11 is 1.77. The summed E-state index contributed by atoms with van der Waals surface area (Å²) in [7, 11) is 0. The monoisotopic (exact) mass is 290 g/mol. The summed E-state index contributed by atoms with van der Waals surface area (Å²) in [5.41, 5.74) is 8.55. The number of nitrogens with two attached hydrogens (primary N) is 1. The van der Waals surface area contributed by atoms with Gasteiger partial charge in [0, 0.05) is 15.8 Å². The van der Waals surface area contributed by atoms with Gasteiger partial charge in [-0.1, -0.05) is 0 Å². The quantitative estimate of drug-likeness (QED) is 0.748. The minimum absolute atomic E-state index is 0.123. The van der Waals surface area contributed by atoms with Crippen LogP contribution < -0.4 is 11.1 Å². The Morgan fingerprint density at radius 1 is 1.35 bits per heavy atom. The van der Waals surface area contributed by atoms with Gasteiger partial charge < -0.3 is 16.2 Å². The van der Waals surface area contributed by atoms with Crippen molar-refractivity contribution in [1.82, 2.24) is 0 Å². The molecule has 0 bridgehead atoms. The Morgan fingerprint density at radius 2 is 2.05 bits per heavy atom. The van der Waals surface area contributed by atoms with Gasteiger partial charge in [0.2, 0.25) is 0 Å². The minimum Gasteiger partial charge on any atom is -0.478 e. The van der Waals surface area contributed by atoms with Crippen molar-refractivity contribution in [3.05, 3.63) is 45.1 Å². The number of benzene rings is 1. The molecule has 1 heterocycles. The Labute approximate surface area is 122 Å². The van der Waals surface area contributed by atoms with Crippen LogP contribution in [0.25, 0.3) is 0 Å². The van der Waals surface area contributed by atoms with E-state index in [0.29, 0.717) is 5.69 Å². The number of aryl methyl sites for hydroxylation is 2. The van der Waals surface area contributed by atoms with E-state index in [9.17, 15) is 4.79 Å². The number of anilines is 2. The van der Waals surface area contributed by atoms with Gasteiger partial charge >= 0.3 is 5.97 Å². The molecule has 0 aliphatic carbocycles. The van der Waals surface area contributed by atoms with Crippen LogP contribution in [0, 0.1) is 13.8 Å². The SMILES string of the molecule is Cc1cc(C(C)Nc2ccc(C(=O)O)cc2N)c(C)s1. The van der Waals surface area contributed by atoms with Gasteiger partial charge in [-0.05, 0) is 50.6 Å². The third-order valence-corrected chi connectivity index (χ3v) is 4.20. The average Bonchev–Trinajstić information content (AvgIpc) is 2.70. The Hall–Kier alpha value is -2.01. The van der Waals surface area contributed by atoms with Gasteiger partial charge in [0.15, 0.2) is 0 Å². The van der Waals surface area contributed by atoms with Crippen molar-refractivity contribution in [2.45, 2.75) is 26.8 Å². The third-order valence-electron chi connectivity index (χ3n) is 3.22. The second-order valence-electron chi connectivity index (χ2n) is 4.84. The molecule has 0 aliphatic rings. The van der Waals surface area contributed by atoms with Crippen LogP contribution in [0.2, 0.25) is 0 Å². The first-order valence-corrected chi connectivity index (χ1v) is 7.16. The predicted octanol–water partition coefficient (Wildman–Crippen LogP) is 3.82. The molecule has 5 heteroatoms. The molecule has 0 amide bonds. The van der Waals surface area contributed by atoms with Crippen molar-refractivity contribution in [2.24, 2.45) is 0 Å². The molecule has 2 aromatic rings. The second-order valence-corrected chi connectivity index (χ2v) is 6.30. The molecule has 1 unspecified atom stereocenters. The number of carboxylic acids is 1. The smallest absolute Gasteiger partial charge is 0.335 e. The van der Waals surface area contributed by atoms with E-state index in [-0.39, 0.29) is 11.6 Å².